The maximum atomic E-state index is 11.9. The first-order chi connectivity index (χ1) is 11.7. The molecular weight excluding hydrogens is 372 g/mol. The standard InChI is InChI=1S/C17H13BrN4O2/c1-2-22-14-8-7-10(9-13(14)19-17(22)23)15-20-16(24-21-15)11-5-3-4-6-12(11)18/h3-9H,2H2,1H3,(H,19,23). The number of fused-ring (bicyclic) bond motifs is 1. The average Bonchev–Trinajstić information content (AvgIpc) is 3.18. The maximum absolute atomic E-state index is 11.9. The van der Waals surface area contributed by atoms with Crippen LogP contribution in [0.5, 0.6) is 0 Å². The van der Waals surface area contributed by atoms with Gasteiger partial charge >= 0.3 is 5.69 Å². The molecule has 4 aromatic rings. The third-order valence-corrected chi connectivity index (χ3v) is 4.57. The second kappa shape index (κ2) is 5.76. The molecule has 24 heavy (non-hydrogen) atoms. The highest BCUT2D eigenvalue weighted by Crippen LogP contribution is 2.29. The summed E-state index contributed by atoms with van der Waals surface area (Å²) >= 11 is 3.48. The van der Waals surface area contributed by atoms with Crippen molar-refractivity contribution >= 4 is 27.0 Å². The zero-order valence-corrected chi connectivity index (χ0v) is 14.4. The number of aryl methyl sites for hydroxylation is 1. The first-order valence-corrected chi connectivity index (χ1v) is 8.28. The van der Waals surface area contributed by atoms with E-state index in [0.717, 1.165) is 26.6 Å². The van der Waals surface area contributed by atoms with Crippen molar-refractivity contribution in [3.63, 3.8) is 0 Å². The average molecular weight is 385 g/mol. The normalized spacial score (nSPS) is 11.2. The fraction of sp³-hybridized carbons (Fsp3) is 0.118. The number of hydrogen-bond donors (Lipinski definition) is 1. The summed E-state index contributed by atoms with van der Waals surface area (Å²) in [6.07, 6.45) is 0. The van der Waals surface area contributed by atoms with Gasteiger partial charge in [0.15, 0.2) is 0 Å². The van der Waals surface area contributed by atoms with Crippen LogP contribution in [0.1, 0.15) is 6.92 Å². The second-order valence-corrected chi connectivity index (χ2v) is 6.16. The lowest BCUT2D eigenvalue weighted by molar-refractivity contribution is 0.432. The topological polar surface area (TPSA) is 76.7 Å². The molecule has 0 aliphatic rings. The first-order valence-electron chi connectivity index (χ1n) is 7.49. The number of aromatic nitrogens is 4. The Bertz CT molecular complexity index is 1090. The number of halogens is 1. The number of H-pyrrole nitrogens is 1. The molecule has 0 radical (unpaired) electrons. The largest absolute Gasteiger partial charge is 0.334 e. The van der Waals surface area contributed by atoms with Crippen LogP contribution >= 0.6 is 15.9 Å². The fourth-order valence-corrected chi connectivity index (χ4v) is 3.16. The molecule has 0 bridgehead atoms. The number of imidazole rings is 1. The van der Waals surface area contributed by atoms with Gasteiger partial charge in [-0.15, -0.1) is 0 Å². The lowest BCUT2D eigenvalue weighted by Gasteiger charge is -1.99. The summed E-state index contributed by atoms with van der Waals surface area (Å²) in [5.41, 5.74) is 3.12. The van der Waals surface area contributed by atoms with Crippen molar-refractivity contribution in [1.82, 2.24) is 19.7 Å². The lowest BCUT2D eigenvalue weighted by Crippen LogP contribution is -2.14. The van der Waals surface area contributed by atoms with Crippen LogP contribution in [0.3, 0.4) is 0 Å². The van der Waals surface area contributed by atoms with Crippen molar-refractivity contribution in [3.8, 4) is 22.8 Å². The van der Waals surface area contributed by atoms with Crippen LogP contribution in [-0.4, -0.2) is 19.7 Å². The van der Waals surface area contributed by atoms with E-state index >= 15 is 0 Å². The molecule has 2 aromatic carbocycles. The molecule has 4 rings (SSSR count). The molecule has 2 aromatic heterocycles. The summed E-state index contributed by atoms with van der Waals surface area (Å²) < 4.78 is 7.95. The Morgan fingerprint density at radius 2 is 2.08 bits per heavy atom. The Morgan fingerprint density at radius 3 is 2.88 bits per heavy atom. The minimum atomic E-state index is -0.119. The maximum Gasteiger partial charge on any atom is 0.326 e. The summed E-state index contributed by atoms with van der Waals surface area (Å²) in [6, 6.07) is 13.3. The predicted octanol–water partition coefficient (Wildman–Crippen LogP) is 3.83. The van der Waals surface area contributed by atoms with Gasteiger partial charge in [-0.2, -0.15) is 4.98 Å². The molecule has 0 spiro atoms. The smallest absolute Gasteiger partial charge is 0.326 e. The Balaban J connectivity index is 1.79. The molecule has 0 aliphatic heterocycles. The molecule has 2 heterocycles. The zero-order valence-electron chi connectivity index (χ0n) is 12.8. The van der Waals surface area contributed by atoms with Gasteiger partial charge in [-0.25, -0.2) is 4.79 Å². The van der Waals surface area contributed by atoms with Crippen LogP contribution in [0.4, 0.5) is 0 Å². The number of benzene rings is 2. The Morgan fingerprint density at radius 1 is 1.25 bits per heavy atom. The van der Waals surface area contributed by atoms with E-state index in [0.29, 0.717) is 18.3 Å². The molecule has 0 atom stereocenters. The zero-order chi connectivity index (χ0) is 16.7. The highest BCUT2D eigenvalue weighted by molar-refractivity contribution is 9.10. The van der Waals surface area contributed by atoms with Gasteiger partial charge in [-0.1, -0.05) is 17.3 Å². The van der Waals surface area contributed by atoms with E-state index in [-0.39, 0.29) is 5.69 Å². The molecule has 0 aliphatic carbocycles. The summed E-state index contributed by atoms with van der Waals surface area (Å²) in [5, 5.41) is 4.05. The van der Waals surface area contributed by atoms with Crippen LogP contribution in [-0.2, 0) is 6.54 Å². The van der Waals surface area contributed by atoms with Gasteiger partial charge in [-0.05, 0) is 53.2 Å². The van der Waals surface area contributed by atoms with Gasteiger partial charge in [0.25, 0.3) is 5.89 Å². The molecule has 0 amide bonds. The summed E-state index contributed by atoms with van der Waals surface area (Å²) in [6.45, 7) is 2.55. The SMILES string of the molecule is CCn1c(=O)[nH]c2cc(-c3noc(-c4ccccc4Br)n3)ccc21. The van der Waals surface area contributed by atoms with Crippen molar-refractivity contribution in [2.24, 2.45) is 0 Å². The minimum Gasteiger partial charge on any atom is -0.334 e. The molecule has 0 saturated carbocycles. The number of hydrogen-bond acceptors (Lipinski definition) is 4. The molecule has 120 valence electrons. The third kappa shape index (κ3) is 2.37. The van der Waals surface area contributed by atoms with Crippen molar-refractivity contribution in [3.05, 3.63) is 57.4 Å². The summed E-state index contributed by atoms with van der Waals surface area (Å²) in [4.78, 5) is 19.2. The van der Waals surface area contributed by atoms with E-state index in [1.54, 1.807) is 4.57 Å². The van der Waals surface area contributed by atoms with Crippen molar-refractivity contribution in [2.75, 3.05) is 0 Å². The van der Waals surface area contributed by atoms with Gasteiger partial charge in [-0.3, -0.25) is 4.57 Å². The van der Waals surface area contributed by atoms with E-state index in [1.165, 1.54) is 0 Å². The van der Waals surface area contributed by atoms with Gasteiger partial charge in [0.05, 0.1) is 16.6 Å². The Labute approximate surface area is 145 Å². The lowest BCUT2D eigenvalue weighted by atomic mass is 10.2. The molecule has 0 saturated heterocycles. The molecule has 0 fully saturated rings. The van der Waals surface area contributed by atoms with Crippen LogP contribution < -0.4 is 5.69 Å². The van der Waals surface area contributed by atoms with Crippen molar-refractivity contribution in [2.45, 2.75) is 13.5 Å². The van der Waals surface area contributed by atoms with Crippen LogP contribution in [0, 0.1) is 0 Å². The molecule has 0 unspecified atom stereocenters. The Hall–Kier alpha value is -2.67. The third-order valence-electron chi connectivity index (χ3n) is 3.88. The van der Waals surface area contributed by atoms with E-state index in [9.17, 15) is 4.79 Å². The monoisotopic (exact) mass is 384 g/mol. The fourth-order valence-electron chi connectivity index (χ4n) is 2.70. The number of nitrogens with zero attached hydrogens (tertiary/aromatic N) is 3. The van der Waals surface area contributed by atoms with Gasteiger partial charge in [0.1, 0.15) is 0 Å². The van der Waals surface area contributed by atoms with E-state index in [1.807, 2.05) is 49.4 Å². The second-order valence-electron chi connectivity index (χ2n) is 5.31. The summed E-state index contributed by atoms with van der Waals surface area (Å²) in [7, 11) is 0. The van der Waals surface area contributed by atoms with E-state index < -0.39 is 0 Å². The molecular formula is C17H13BrN4O2. The van der Waals surface area contributed by atoms with Crippen molar-refractivity contribution in [1.29, 1.82) is 0 Å². The quantitative estimate of drug-likeness (QED) is 0.582. The van der Waals surface area contributed by atoms with E-state index in [4.69, 9.17) is 4.52 Å². The molecule has 7 heteroatoms. The van der Waals surface area contributed by atoms with Crippen LogP contribution in [0.15, 0.2) is 56.3 Å². The van der Waals surface area contributed by atoms with Crippen LogP contribution in [0.2, 0.25) is 0 Å². The van der Waals surface area contributed by atoms with E-state index in [2.05, 4.69) is 31.1 Å². The summed E-state index contributed by atoms with van der Waals surface area (Å²) in [5.74, 6) is 0.921. The Kier molecular flexibility index (Phi) is 3.57. The number of rotatable bonds is 3. The highest BCUT2D eigenvalue weighted by Gasteiger charge is 2.14. The van der Waals surface area contributed by atoms with Gasteiger partial charge in [0, 0.05) is 16.6 Å². The highest BCUT2D eigenvalue weighted by atomic mass is 79.9. The van der Waals surface area contributed by atoms with Crippen LogP contribution in [0.25, 0.3) is 33.9 Å². The molecule has 6 nitrogen and oxygen atoms in total. The van der Waals surface area contributed by atoms with Gasteiger partial charge in [0.2, 0.25) is 5.82 Å². The molecule has 1 N–H and O–H groups in total. The first kappa shape index (κ1) is 14.9. The minimum absolute atomic E-state index is 0.119. The number of aromatic amines is 1. The van der Waals surface area contributed by atoms with Crippen molar-refractivity contribution < 1.29 is 4.52 Å². The predicted molar refractivity (Wildman–Crippen MR) is 94.7 cm³/mol. The number of nitrogens with one attached hydrogen (secondary N) is 1. The van der Waals surface area contributed by atoms with Gasteiger partial charge < -0.3 is 9.51 Å².